The molecule has 2 atom stereocenters. The molecule has 5 heteroatoms. The molecule has 1 N–H and O–H groups in total. The van der Waals surface area contributed by atoms with Crippen LogP contribution in [0.15, 0.2) is 78.9 Å². The minimum Gasteiger partial charge on any atom is -0.484 e. The number of benzene rings is 3. The average molecular weight is 487 g/mol. The lowest BCUT2D eigenvalue weighted by Gasteiger charge is -2.32. The highest BCUT2D eigenvalue weighted by molar-refractivity contribution is 5.88. The molecule has 190 valence electrons. The Morgan fingerprint density at radius 1 is 0.889 bits per heavy atom. The second-order valence-corrected chi connectivity index (χ2v) is 9.26. The number of aryl methyl sites for hydroxylation is 2. The summed E-state index contributed by atoms with van der Waals surface area (Å²) in [4.78, 5) is 28.9. The topological polar surface area (TPSA) is 58.6 Å². The molecular formula is C31H38N2O3. The van der Waals surface area contributed by atoms with Crippen molar-refractivity contribution >= 4 is 11.8 Å². The van der Waals surface area contributed by atoms with Crippen molar-refractivity contribution in [2.45, 2.75) is 65.6 Å². The molecular weight excluding hydrogens is 448 g/mol. The zero-order chi connectivity index (χ0) is 25.9. The fraction of sp³-hybridized carbons (Fsp3) is 0.355. The Balaban J connectivity index is 1.90. The molecule has 3 aromatic rings. The number of ether oxygens (including phenoxy) is 1. The van der Waals surface area contributed by atoms with Crippen LogP contribution >= 0.6 is 0 Å². The lowest BCUT2D eigenvalue weighted by molar-refractivity contribution is -0.143. The van der Waals surface area contributed by atoms with Gasteiger partial charge in [-0.25, -0.2) is 0 Å². The van der Waals surface area contributed by atoms with E-state index in [-0.39, 0.29) is 24.5 Å². The van der Waals surface area contributed by atoms with Crippen LogP contribution in [0, 0.1) is 6.92 Å². The third-order valence-electron chi connectivity index (χ3n) is 6.57. The van der Waals surface area contributed by atoms with E-state index in [1.54, 1.807) is 4.90 Å². The van der Waals surface area contributed by atoms with Crippen LogP contribution in [0.4, 0.5) is 0 Å². The minimum absolute atomic E-state index is 0.0134. The molecule has 3 aromatic carbocycles. The largest absolute Gasteiger partial charge is 0.484 e. The quantitative estimate of drug-likeness (QED) is 0.368. The van der Waals surface area contributed by atoms with Crippen LogP contribution in [0.5, 0.6) is 5.75 Å². The van der Waals surface area contributed by atoms with E-state index < -0.39 is 6.04 Å². The molecule has 0 spiro atoms. The van der Waals surface area contributed by atoms with E-state index in [1.807, 2.05) is 99.6 Å². The first kappa shape index (κ1) is 27.0. The fourth-order valence-electron chi connectivity index (χ4n) is 4.02. The number of carbonyl (C=O) groups is 2. The molecule has 0 aliphatic rings. The highest BCUT2D eigenvalue weighted by Gasteiger charge is 2.31. The summed E-state index contributed by atoms with van der Waals surface area (Å²) >= 11 is 0. The van der Waals surface area contributed by atoms with Crippen LogP contribution in [0.25, 0.3) is 0 Å². The van der Waals surface area contributed by atoms with Crippen molar-refractivity contribution in [1.29, 1.82) is 0 Å². The number of nitrogens with zero attached hydrogens (tertiary/aromatic N) is 1. The molecule has 0 saturated heterocycles. The Morgan fingerprint density at radius 2 is 1.56 bits per heavy atom. The molecule has 0 radical (unpaired) electrons. The average Bonchev–Trinajstić information content (AvgIpc) is 2.91. The minimum atomic E-state index is -0.667. The van der Waals surface area contributed by atoms with Gasteiger partial charge < -0.3 is 15.0 Å². The molecule has 5 nitrogen and oxygen atoms in total. The van der Waals surface area contributed by atoms with Gasteiger partial charge in [0.1, 0.15) is 11.8 Å². The Bertz CT molecular complexity index is 1110. The zero-order valence-corrected chi connectivity index (χ0v) is 21.9. The summed E-state index contributed by atoms with van der Waals surface area (Å²) in [6, 6.07) is 24.9. The summed E-state index contributed by atoms with van der Waals surface area (Å²) in [7, 11) is 0. The molecule has 0 saturated carbocycles. The molecule has 0 heterocycles. The zero-order valence-electron chi connectivity index (χ0n) is 21.9. The Labute approximate surface area is 215 Å². The van der Waals surface area contributed by atoms with Crippen molar-refractivity contribution in [3.63, 3.8) is 0 Å². The first-order chi connectivity index (χ1) is 17.4. The number of carbonyl (C=O) groups excluding carboxylic acids is 2. The van der Waals surface area contributed by atoms with Gasteiger partial charge in [0.05, 0.1) is 0 Å². The standard InChI is InChI=1S/C31H38N2O3/c1-5-24(4)32-31(35)29(20-26-13-8-7-9-14-26)33(21-27-15-11-10-12-23(27)3)30(34)22-36-28-18-16-25(6-2)17-19-28/h7-19,24,29H,5-6,20-22H2,1-4H3,(H,32,35)/t24-,29-/m0/s1. The van der Waals surface area contributed by atoms with Crippen LogP contribution < -0.4 is 10.1 Å². The number of hydrogen-bond acceptors (Lipinski definition) is 3. The number of amides is 2. The summed E-state index contributed by atoms with van der Waals surface area (Å²) in [5, 5.41) is 3.10. The van der Waals surface area contributed by atoms with Gasteiger partial charge in [0.2, 0.25) is 5.91 Å². The predicted octanol–water partition coefficient (Wildman–Crippen LogP) is 5.49. The Kier molecular flexibility index (Phi) is 10.1. The summed E-state index contributed by atoms with van der Waals surface area (Å²) < 4.78 is 5.88. The van der Waals surface area contributed by atoms with Gasteiger partial charge in [0.15, 0.2) is 6.61 Å². The van der Waals surface area contributed by atoms with Crippen molar-refractivity contribution in [3.05, 3.63) is 101 Å². The van der Waals surface area contributed by atoms with Gasteiger partial charge in [-0.15, -0.1) is 0 Å². The highest BCUT2D eigenvalue weighted by atomic mass is 16.5. The van der Waals surface area contributed by atoms with E-state index in [4.69, 9.17) is 4.74 Å². The summed E-state index contributed by atoms with van der Waals surface area (Å²) in [6.45, 7) is 8.32. The molecule has 0 aliphatic heterocycles. The van der Waals surface area contributed by atoms with Crippen LogP contribution in [0.2, 0.25) is 0 Å². The summed E-state index contributed by atoms with van der Waals surface area (Å²) in [6.07, 6.45) is 2.17. The molecule has 0 bridgehead atoms. The van der Waals surface area contributed by atoms with Gasteiger partial charge in [-0.2, -0.15) is 0 Å². The molecule has 0 aromatic heterocycles. The number of hydrogen-bond donors (Lipinski definition) is 1. The molecule has 0 aliphatic carbocycles. The van der Waals surface area contributed by atoms with Gasteiger partial charge >= 0.3 is 0 Å². The van der Waals surface area contributed by atoms with Crippen molar-refractivity contribution in [1.82, 2.24) is 10.2 Å². The maximum atomic E-state index is 13.7. The first-order valence-electron chi connectivity index (χ1n) is 12.8. The van der Waals surface area contributed by atoms with Crippen LogP contribution in [-0.2, 0) is 29.0 Å². The van der Waals surface area contributed by atoms with Crippen molar-refractivity contribution in [2.75, 3.05) is 6.61 Å². The van der Waals surface area contributed by atoms with E-state index >= 15 is 0 Å². The molecule has 3 rings (SSSR count). The van der Waals surface area contributed by atoms with Crippen molar-refractivity contribution < 1.29 is 14.3 Å². The maximum Gasteiger partial charge on any atom is 0.261 e. The predicted molar refractivity (Wildman–Crippen MR) is 145 cm³/mol. The molecule has 0 fully saturated rings. The fourth-order valence-corrected chi connectivity index (χ4v) is 4.02. The van der Waals surface area contributed by atoms with Crippen LogP contribution in [-0.4, -0.2) is 35.4 Å². The number of nitrogens with one attached hydrogen (secondary N) is 1. The van der Waals surface area contributed by atoms with Crippen LogP contribution in [0.3, 0.4) is 0 Å². The third kappa shape index (κ3) is 7.70. The van der Waals surface area contributed by atoms with Gasteiger partial charge in [-0.05, 0) is 61.1 Å². The van der Waals surface area contributed by atoms with Gasteiger partial charge in [-0.3, -0.25) is 9.59 Å². The van der Waals surface area contributed by atoms with E-state index in [2.05, 4.69) is 12.2 Å². The van der Waals surface area contributed by atoms with E-state index in [0.29, 0.717) is 18.7 Å². The van der Waals surface area contributed by atoms with Gasteiger partial charge in [0.25, 0.3) is 5.91 Å². The Hall–Kier alpha value is -3.60. The van der Waals surface area contributed by atoms with Gasteiger partial charge in [0, 0.05) is 19.0 Å². The van der Waals surface area contributed by atoms with E-state index in [9.17, 15) is 9.59 Å². The highest BCUT2D eigenvalue weighted by Crippen LogP contribution is 2.19. The molecule has 2 amide bonds. The molecule has 36 heavy (non-hydrogen) atoms. The Morgan fingerprint density at radius 3 is 2.19 bits per heavy atom. The van der Waals surface area contributed by atoms with E-state index in [1.165, 1.54) is 5.56 Å². The van der Waals surface area contributed by atoms with E-state index in [0.717, 1.165) is 29.5 Å². The third-order valence-corrected chi connectivity index (χ3v) is 6.57. The molecule has 0 unspecified atom stereocenters. The van der Waals surface area contributed by atoms with Crippen LogP contribution in [0.1, 0.15) is 49.4 Å². The van der Waals surface area contributed by atoms with Crippen molar-refractivity contribution in [3.8, 4) is 5.75 Å². The SMILES string of the molecule is CCc1ccc(OCC(=O)N(Cc2ccccc2C)[C@@H](Cc2ccccc2)C(=O)N[C@@H](C)CC)cc1. The van der Waals surface area contributed by atoms with Crippen molar-refractivity contribution in [2.24, 2.45) is 0 Å². The second kappa shape index (κ2) is 13.5. The monoisotopic (exact) mass is 486 g/mol. The smallest absolute Gasteiger partial charge is 0.261 e. The lowest BCUT2D eigenvalue weighted by atomic mass is 10.0. The summed E-state index contributed by atoms with van der Waals surface area (Å²) in [5.41, 5.74) is 4.29. The first-order valence-corrected chi connectivity index (χ1v) is 12.8. The van der Waals surface area contributed by atoms with Gasteiger partial charge in [-0.1, -0.05) is 80.6 Å². The normalized spacial score (nSPS) is 12.4. The maximum absolute atomic E-state index is 13.7. The number of rotatable bonds is 12. The lowest BCUT2D eigenvalue weighted by Crippen LogP contribution is -2.53. The second-order valence-electron chi connectivity index (χ2n) is 9.26. The summed E-state index contributed by atoms with van der Waals surface area (Å²) in [5.74, 6) is 0.264.